The number of halogens is 2. The minimum absolute atomic E-state index is 0.316. The van der Waals surface area contributed by atoms with Gasteiger partial charge in [0.2, 0.25) is 0 Å². The Morgan fingerprint density at radius 2 is 2.06 bits per heavy atom. The van der Waals surface area contributed by atoms with Crippen molar-refractivity contribution in [3.05, 3.63) is 52.0 Å². The average Bonchev–Trinajstić information content (AvgIpc) is 2.70. The number of aliphatic hydroxyl groups excluding tert-OH is 1. The second-order valence-electron chi connectivity index (χ2n) is 3.65. The van der Waals surface area contributed by atoms with Gasteiger partial charge in [0.25, 0.3) is 0 Å². The first-order valence-electron chi connectivity index (χ1n) is 5.28. The van der Waals surface area contributed by atoms with Crippen LogP contribution in [-0.2, 0) is 6.54 Å². The molecule has 1 heterocycles. The highest BCUT2D eigenvalue weighted by atomic mass is 79.9. The highest BCUT2D eigenvalue weighted by molar-refractivity contribution is 9.10. The molecule has 1 aromatic heterocycles. The largest absolute Gasteiger partial charge is 0.382 e. The van der Waals surface area contributed by atoms with Gasteiger partial charge in [0.1, 0.15) is 11.9 Å². The maximum atomic E-state index is 12.8. The molecule has 0 amide bonds. The fourth-order valence-corrected chi connectivity index (χ4v) is 2.21. The zero-order valence-corrected chi connectivity index (χ0v) is 10.9. The molecular formula is C12H12BrFN2O. The molecule has 0 saturated carbocycles. The summed E-state index contributed by atoms with van der Waals surface area (Å²) >= 11 is 3.35. The highest BCUT2D eigenvalue weighted by Crippen LogP contribution is 2.28. The minimum Gasteiger partial charge on any atom is -0.382 e. The van der Waals surface area contributed by atoms with Crippen LogP contribution in [0, 0.1) is 5.82 Å². The molecule has 3 nitrogen and oxygen atoms in total. The summed E-state index contributed by atoms with van der Waals surface area (Å²) in [6, 6.07) is 5.80. The van der Waals surface area contributed by atoms with E-state index in [9.17, 15) is 9.50 Å². The molecule has 0 spiro atoms. The molecule has 17 heavy (non-hydrogen) atoms. The molecule has 2 rings (SSSR count). The van der Waals surface area contributed by atoms with Gasteiger partial charge in [0.05, 0.1) is 16.4 Å². The molecule has 0 bridgehead atoms. The molecule has 2 aromatic rings. The van der Waals surface area contributed by atoms with Crippen LogP contribution in [0.2, 0.25) is 0 Å². The fraction of sp³-hybridized carbons (Fsp3) is 0.250. The van der Waals surface area contributed by atoms with Crippen LogP contribution in [-0.4, -0.2) is 14.9 Å². The van der Waals surface area contributed by atoms with Crippen molar-refractivity contribution < 1.29 is 9.50 Å². The van der Waals surface area contributed by atoms with E-state index in [1.54, 1.807) is 23.0 Å². The quantitative estimate of drug-likeness (QED) is 0.946. The first-order chi connectivity index (χ1) is 8.13. The van der Waals surface area contributed by atoms with Gasteiger partial charge in [-0.15, -0.1) is 0 Å². The van der Waals surface area contributed by atoms with Crippen LogP contribution in [0.4, 0.5) is 4.39 Å². The summed E-state index contributed by atoms with van der Waals surface area (Å²) in [6.07, 6.45) is 0.832. The van der Waals surface area contributed by atoms with Gasteiger partial charge in [-0.2, -0.15) is 5.10 Å². The van der Waals surface area contributed by atoms with Crippen LogP contribution in [0.15, 0.2) is 34.9 Å². The molecule has 1 aromatic carbocycles. The number of aliphatic hydroxyl groups is 1. The van der Waals surface area contributed by atoms with Gasteiger partial charge in [0.15, 0.2) is 0 Å². The lowest BCUT2D eigenvalue weighted by molar-refractivity contribution is 0.207. The summed E-state index contributed by atoms with van der Waals surface area (Å²) < 4.78 is 15.3. The van der Waals surface area contributed by atoms with Crippen LogP contribution in [0.3, 0.4) is 0 Å². The lowest BCUT2D eigenvalue weighted by Gasteiger charge is -2.13. The van der Waals surface area contributed by atoms with Gasteiger partial charge in [0, 0.05) is 6.54 Å². The number of rotatable bonds is 3. The topological polar surface area (TPSA) is 38.0 Å². The second-order valence-corrected chi connectivity index (χ2v) is 4.50. The van der Waals surface area contributed by atoms with Gasteiger partial charge in [-0.3, -0.25) is 4.68 Å². The van der Waals surface area contributed by atoms with Crippen LogP contribution >= 0.6 is 15.9 Å². The van der Waals surface area contributed by atoms with E-state index < -0.39 is 6.10 Å². The lowest BCUT2D eigenvalue weighted by Crippen LogP contribution is -2.09. The van der Waals surface area contributed by atoms with Gasteiger partial charge in [-0.1, -0.05) is 12.1 Å². The molecule has 0 fully saturated rings. The third-order valence-corrected chi connectivity index (χ3v) is 3.19. The van der Waals surface area contributed by atoms with Crippen molar-refractivity contribution in [2.24, 2.45) is 0 Å². The standard InChI is InChI=1S/C12H12BrFN2O/c1-2-16-11(10(13)7-15-16)12(17)8-3-5-9(14)6-4-8/h3-7,12,17H,2H2,1H3. The Kier molecular flexibility index (Phi) is 3.59. The van der Waals surface area contributed by atoms with Gasteiger partial charge in [-0.05, 0) is 40.5 Å². The summed E-state index contributed by atoms with van der Waals surface area (Å²) in [7, 11) is 0. The van der Waals surface area contributed by atoms with Crippen molar-refractivity contribution in [2.45, 2.75) is 19.6 Å². The SMILES string of the molecule is CCn1ncc(Br)c1C(O)c1ccc(F)cc1. The first-order valence-corrected chi connectivity index (χ1v) is 6.07. The lowest BCUT2D eigenvalue weighted by atomic mass is 10.1. The van der Waals surface area contributed by atoms with Crippen molar-refractivity contribution in [1.82, 2.24) is 9.78 Å². The molecule has 0 aliphatic rings. The van der Waals surface area contributed by atoms with Gasteiger partial charge >= 0.3 is 0 Å². The Morgan fingerprint density at radius 1 is 1.41 bits per heavy atom. The smallest absolute Gasteiger partial charge is 0.123 e. The molecule has 0 aliphatic heterocycles. The number of hydrogen-bond acceptors (Lipinski definition) is 2. The summed E-state index contributed by atoms with van der Waals surface area (Å²) in [5, 5.41) is 14.4. The van der Waals surface area contributed by atoms with Gasteiger partial charge in [-0.25, -0.2) is 4.39 Å². The second kappa shape index (κ2) is 4.98. The molecule has 90 valence electrons. The molecule has 1 unspecified atom stereocenters. The van der Waals surface area contributed by atoms with Crippen LogP contribution in [0.25, 0.3) is 0 Å². The van der Waals surface area contributed by atoms with Crippen molar-refractivity contribution in [3.8, 4) is 0 Å². The molecule has 1 N–H and O–H groups in total. The number of benzene rings is 1. The van der Waals surface area contributed by atoms with Crippen LogP contribution in [0.5, 0.6) is 0 Å². The normalized spacial score (nSPS) is 12.7. The van der Waals surface area contributed by atoms with E-state index in [1.807, 2.05) is 6.92 Å². The zero-order valence-electron chi connectivity index (χ0n) is 9.27. The third kappa shape index (κ3) is 2.40. The fourth-order valence-electron chi connectivity index (χ4n) is 1.70. The molecule has 5 heteroatoms. The number of nitrogens with zero attached hydrogens (tertiary/aromatic N) is 2. The Balaban J connectivity index is 2.39. The Bertz CT molecular complexity index is 510. The van der Waals surface area contributed by atoms with Crippen LogP contribution < -0.4 is 0 Å². The Hall–Kier alpha value is -1.20. The summed E-state index contributed by atoms with van der Waals surface area (Å²) in [5.41, 5.74) is 1.32. The van der Waals surface area contributed by atoms with Crippen molar-refractivity contribution >= 4 is 15.9 Å². The molecule has 0 aliphatic carbocycles. The van der Waals surface area contributed by atoms with Crippen molar-refractivity contribution in [3.63, 3.8) is 0 Å². The number of aromatic nitrogens is 2. The van der Waals surface area contributed by atoms with E-state index in [0.717, 1.165) is 4.47 Å². The van der Waals surface area contributed by atoms with E-state index in [1.165, 1.54) is 12.1 Å². The summed E-state index contributed by atoms with van der Waals surface area (Å²) in [5.74, 6) is -0.316. The monoisotopic (exact) mass is 298 g/mol. The molecule has 0 radical (unpaired) electrons. The summed E-state index contributed by atoms with van der Waals surface area (Å²) in [6.45, 7) is 2.61. The minimum atomic E-state index is -0.813. The van der Waals surface area contributed by atoms with Crippen LogP contribution in [0.1, 0.15) is 24.3 Å². The van der Waals surface area contributed by atoms with E-state index in [-0.39, 0.29) is 5.82 Å². The molecule has 0 saturated heterocycles. The Morgan fingerprint density at radius 3 is 2.65 bits per heavy atom. The third-order valence-electron chi connectivity index (χ3n) is 2.58. The predicted molar refractivity (Wildman–Crippen MR) is 66.1 cm³/mol. The van der Waals surface area contributed by atoms with E-state index in [4.69, 9.17) is 0 Å². The first kappa shape index (κ1) is 12.3. The van der Waals surface area contributed by atoms with Crippen molar-refractivity contribution in [2.75, 3.05) is 0 Å². The van der Waals surface area contributed by atoms with Gasteiger partial charge < -0.3 is 5.11 Å². The maximum Gasteiger partial charge on any atom is 0.123 e. The highest BCUT2D eigenvalue weighted by Gasteiger charge is 2.18. The van der Waals surface area contributed by atoms with E-state index >= 15 is 0 Å². The molecular weight excluding hydrogens is 287 g/mol. The summed E-state index contributed by atoms with van der Waals surface area (Å²) in [4.78, 5) is 0. The number of hydrogen-bond donors (Lipinski definition) is 1. The maximum absolute atomic E-state index is 12.8. The molecule has 1 atom stereocenters. The van der Waals surface area contributed by atoms with Crippen molar-refractivity contribution in [1.29, 1.82) is 0 Å². The number of aryl methyl sites for hydroxylation is 1. The van der Waals surface area contributed by atoms with E-state index in [0.29, 0.717) is 17.8 Å². The average molecular weight is 299 g/mol. The Labute approximate surface area is 107 Å². The zero-order chi connectivity index (χ0) is 12.4. The van der Waals surface area contributed by atoms with E-state index in [2.05, 4.69) is 21.0 Å². The predicted octanol–water partition coefficient (Wildman–Crippen LogP) is 2.89.